The second kappa shape index (κ2) is 9.08. The maximum absolute atomic E-state index is 12.9. The summed E-state index contributed by atoms with van der Waals surface area (Å²) in [6, 6.07) is 8.04. The van der Waals surface area contributed by atoms with Crippen molar-refractivity contribution in [2.75, 3.05) is 33.9 Å². The summed E-state index contributed by atoms with van der Waals surface area (Å²) in [7, 11) is 5.04. The average molecular weight is 413 g/mol. The van der Waals surface area contributed by atoms with Gasteiger partial charge in [0.25, 0.3) is 5.91 Å². The van der Waals surface area contributed by atoms with Gasteiger partial charge in [0.2, 0.25) is 0 Å². The molecule has 2 aliphatic rings. The Kier molecular flexibility index (Phi) is 6.27. The van der Waals surface area contributed by atoms with E-state index < -0.39 is 0 Å². The number of amides is 1. The smallest absolute Gasteiger partial charge is 0.269 e. The van der Waals surface area contributed by atoms with E-state index >= 15 is 0 Å². The summed E-state index contributed by atoms with van der Waals surface area (Å²) < 4.78 is 12.4. The number of ether oxygens (including phenoxy) is 2. The number of benzene rings is 1. The molecule has 30 heavy (non-hydrogen) atoms. The molecule has 2 atom stereocenters. The lowest BCUT2D eigenvalue weighted by atomic mass is 9.83. The van der Waals surface area contributed by atoms with Crippen LogP contribution in [0, 0.1) is 5.92 Å². The lowest BCUT2D eigenvalue weighted by Crippen LogP contribution is -2.51. The Labute approximate surface area is 178 Å². The van der Waals surface area contributed by atoms with Gasteiger partial charge in [-0.2, -0.15) is 5.10 Å². The van der Waals surface area contributed by atoms with E-state index in [9.17, 15) is 4.79 Å². The van der Waals surface area contributed by atoms with E-state index in [1.54, 1.807) is 25.9 Å². The number of nitrogens with one attached hydrogen (secondary N) is 1. The lowest BCUT2D eigenvalue weighted by molar-refractivity contribution is 0.0574. The van der Waals surface area contributed by atoms with Crippen molar-refractivity contribution in [3.05, 3.63) is 30.0 Å². The van der Waals surface area contributed by atoms with Gasteiger partial charge in [-0.05, 0) is 62.9 Å². The number of nitrogens with zero attached hydrogens (tertiary/aromatic N) is 3. The highest BCUT2D eigenvalue weighted by atomic mass is 16.5. The molecule has 2 aromatic rings. The van der Waals surface area contributed by atoms with E-state index in [-0.39, 0.29) is 5.91 Å². The molecule has 0 aliphatic carbocycles. The molecule has 2 saturated heterocycles. The van der Waals surface area contributed by atoms with E-state index in [0.29, 0.717) is 34.8 Å². The fourth-order valence-corrected chi connectivity index (χ4v) is 4.95. The largest absolute Gasteiger partial charge is 0.497 e. The topological polar surface area (TPSA) is 68.6 Å². The molecule has 3 heterocycles. The number of aromatic nitrogens is 2. The molecule has 0 radical (unpaired) electrons. The number of hydrogen-bond donors (Lipinski definition) is 1. The van der Waals surface area contributed by atoms with Crippen LogP contribution in [0.3, 0.4) is 0 Å². The Bertz CT molecular complexity index is 893. The van der Waals surface area contributed by atoms with E-state index in [2.05, 4.69) is 15.3 Å². The summed E-state index contributed by atoms with van der Waals surface area (Å²) in [6.07, 6.45) is 6.29. The van der Waals surface area contributed by atoms with Gasteiger partial charge < -0.3 is 19.7 Å². The maximum atomic E-state index is 12.9. The van der Waals surface area contributed by atoms with Crippen molar-refractivity contribution in [2.24, 2.45) is 13.0 Å². The molecule has 1 N–H and O–H groups in total. The molecule has 0 spiro atoms. The van der Waals surface area contributed by atoms with Crippen LogP contribution in [0.2, 0.25) is 0 Å². The Balaban J connectivity index is 1.46. The summed E-state index contributed by atoms with van der Waals surface area (Å²) in [5.74, 6) is 1.85. The summed E-state index contributed by atoms with van der Waals surface area (Å²) in [5, 5.41) is 7.73. The van der Waals surface area contributed by atoms with Gasteiger partial charge in [-0.1, -0.05) is 6.42 Å². The predicted molar refractivity (Wildman–Crippen MR) is 116 cm³/mol. The number of fused-ring (bicyclic) bond motifs is 1. The third-order valence-corrected chi connectivity index (χ3v) is 6.55. The van der Waals surface area contributed by atoms with E-state index in [0.717, 1.165) is 12.1 Å². The zero-order valence-electron chi connectivity index (χ0n) is 18.2. The minimum Gasteiger partial charge on any atom is -0.497 e. The standard InChI is InChI=1S/C23H32N4O3/c1-26-21(14-19(25-26)18-10-9-17(29-2)13-22(18)30-3)23(28)24-15-16-7-6-12-27-11-5-4-8-20(16)27/h9-10,13-14,16,20H,4-8,11-12,15H2,1-3H3,(H,24,28)/t16-,20+/m0/s1. The fraction of sp³-hybridized carbons (Fsp3) is 0.565. The van der Waals surface area contributed by atoms with Crippen molar-refractivity contribution in [1.29, 1.82) is 0 Å². The van der Waals surface area contributed by atoms with Gasteiger partial charge in [-0.25, -0.2) is 0 Å². The van der Waals surface area contributed by atoms with Crippen molar-refractivity contribution < 1.29 is 14.3 Å². The third kappa shape index (κ3) is 4.17. The molecule has 7 nitrogen and oxygen atoms in total. The van der Waals surface area contributed by atoms with Crippen molar-refractivity contribution in [3.8, 4) is 22.8 Å². The summed E-state index contributed by atoms with van der Waals surface area (Å²) in [5.41, 5.74) is 2.09. The molecule has 2 fully saturated rings. The van der Waals surface area contributed by atoms with Crippen molar-refractivity contribution in [1.82, 2.24) is 20.0 Å². The number of rotatable bonds is 6. The van der Waals surface area contributed by atoms with Crippen LogP contribution in [0.15, 0.2) is 24.3 Å². The van der Waals surface area contributed by atoms with Gasteiger partial charge in [0, 0.05) is 31.3 Å². The summed E-state index contributed by atoms with van der Waals surface area (Å²) in [4.78, 5) is 15.6. The molecular formula is C23H32N4O3. The molecule has 0 unspecified atom stereocenters. The van der Waals surface area contributed by atoms with Crippen molar-refractivity contribution >= 4 is 5.91 Å². The molecular weight excluding hydrogens is 380 g/mol. The Morgan fingerprint density at radius 3 is 2.77 bits per heavy atom. The third-order valence-electron chi connectivity index (χ3n) is 6.55. The zero-order valence-corrected chi connectivity index (χ0v) is 18.2. The van der Waals surface area contributed by atoms with Gasteiger partial charge in [-0.15, -0.1) is 0 Å². The fourth-order valence-electron chi connectivity index (χ4n) is 4.95. The SMILES string of the molecule is COc1ccc(-c2cc(C(=O)NC[C@@H]3CCCN4CCCC[C@H]34)n(C)n2)c(OC)c1. The molecule has 1 aromatic carbocycles. The predicted octanol–water partition coefficient (Wildman–Crippen LogP) is 3.10. The highest BCUT2D eigenvalue weighted by molar-refractivity contribution is 5.94. The molecule has 2 aliphatic heterocycles. The monoisotopic (exact) mass is 412 g/mol. The van der Waals surface area contributed by atoms with Gasteiger partial charge >= 0.3 is 0 Å². The van der Waals surface area contributed by atoms with Crippen LogP contribution in [0.25, 0.3) is 11.3 Å². The summed E-state index contributed by atoms with van der Waals surface area (Å²) >= 11 is 0. The van der Waals surface area contributed by atoms with Gasteiger partial charge in [0.05, 0.1) is 19.9 Å². The molecule has 1 amide bonds. The van der Waals surface area contributed by atoms with Gasteiger partial charge in [0.1, 0.15) is 17.2 Å². The zero-order chi connectivity index (χ0) is 21.1. The second-order valence-electron chi connectivity index (χ2n) is 8.32. The summed E-state index contributed by atoms with van der Waals surface area (Å²) in [6.45, 7) is 3.15. The van der Waals surface area contributed by atoms with E-state index in [1.165, 1.54) is 45.2 Å². The van der Waals surface area contributed by atoms with Crippen LogP contribution in [0.5, 0.6) is 11.5 Å². The molecule has 1 aromatic heterocycles. The van der Waals surface area contributed by atoms with Crippen LogP contribution in [-0.2, 0) is 7.05 Å². The average Bonchev–Trinajstić information content (AvgIpc) is 3.18. The first-order valence-electron chi connectivity index (χ1n) is 10.9. The molecule has 4 rings (SSSR count). The second-order valence-corrected chi connectivity index (χ2v) is 8.32. The van der Waals surface area contributed by atoms with E-state index in [4.69, 9.17) is 9.47 Å². The minimum absolute atomic E-state index is 0.0725. The number of piperidine rings is 2. The normalized spacial score (nSPS) is 21.7. The number of hydrogen-bond acceptors (Lipinski definition) is 5. The van der Waals surface area contributed by atoms with Crippen LogP contribution < -0.4 is 14.8 Å². The first-order valence-corrected chi connectivity index (χ1v) is 10.9. The number of methoxy groups -OCH3 is 2. The van der Waals surface area contributed by atoms with Gasteiger partial charge in [0.15, 0.2) is 0 Å². The molecule has 162 valence electrons. The van der Waals surface area contributed by atoms with Crippen LogP contribution >= 0.6 is 0 Å². The first kappa shape index (κ1) is 20.7. The van der Waals surface area contributed by atoms with Crippen LogP contribution in [0.1, 0.15) is 42.6 Å². The lowest BCUT2D eigenvalue weighted by Gasteiger charge is -2.44. The van der Waals surface area contributed by atoms with E-state index in [1.807, 2.05) is 24.3 Å². The highest BCUT2D eigenvalue weighted by Crippen LogP contribution is 2.33. The first-order chi connectivity index (χ1) is 14.6. The van der Waals surface area contributed by atoms with Gasteiger partial charge in [-0.3, -0.25) is 9.48 Å². The molecule has 0 saturated carbocycles. The Hall–Kier alpha value is -2.54. The number of carbonyl (C=O) groups is 1. The van der Waals surface area contributed by atoms with Crippen molar-refractivity contribution in [3.63, 3.8) is 0 Å². The Morgan fingerprint density at radius 2 is 1.97 bits per heavy atom. The number of aryl methyl sites for hydroxylation is 1. The Morgan fingerprint density at radius 1 is 1.13 bits per heavy atom. The maximum Gasteiger partial charge on any atom is 0.269 e. The highest BCUT2D eigenvalue weighted by Gasteiger charge is 2.33. The molecule has 7 heteroatoms. The quantitative estimate of drug-likeness (QED) is 0.790. The number of carbonyl (C=O) groups excluding carboxylic acids is 1. The minimum atomic E-state index is -0.0725. The van der Waals surface area contributed by atoms with Crippen molar-refractivity contribution in [2.45, 2.75) is 38.1 Å². The van der Waals surface area contributed by atoms with Crippen LogP contribution in [0.4, 0.5) is 0 Å². The molecule has 0 bridgehead atoms. The van der Waals surface area contributed by atoms with Crippen LogP contribution in [-0.4, -0.2) is 60.5 Å².